The number of urea groups is 1. The number of benzene rings is 2. The molecule has 0 heterocycles. The molecule has 2 aromatic rings. The molecule has 0 saturated heterocycles. The van der Waals surface area contributed by atoms with E-state index in [1.54, 1.807) is 38.2 Å². The number of nitrogens with one attached hydrogen (secondary N) is 1. The molecule has 7 heteroatoms. The monoisotopic (exact) mass is 361 g/mol. The predicted molar refractivity (Wildman–Crippen MR) is 94.1 cm³/mol. The van der Waals surface area contributed by atoms with Crippen LogP contribution in [0.4, 0.5) is 13.6 Å². The molecule has 0 aliphatic carbocycles. The molecule has 3 amide bonds. The van der Waals surface area contributed by atoms with Crippen molar-refractivity contribution >= 4 is 11.9 Å². The van der Waals surface area contributed by atoms with Crippen molar-refractivity contribution in [2.24, 2.45) is 5.73 Å². The molecule has 0 bridgehead atoms. The van der Waals surface area contributed by atoms with Crippen LogP contribution in [0.2, 0.25) is 0 Å². The van der Waals surface area contributed by atoms with Crippen LogP contribution in [0.3, 0.4) is 0 Å². The summed E-state index contributed by atoms with van der Waals surface area (Å²) in [5.41, 5.74) is 6.43. The molecule has 0 unspecified atom stereocenters. The fraction of sp³-hybridized carbons (Fsp3) is 0.263. The van der Waals surface area contributed by atoms with Gasteiger partial charge in [-0.2, -0.15) is 0 Å². The van der Waals surface area contributed by atoms with Crippen molar-refractivity contribution in [3.05, 3.63) is 71.3 Å². The van der Waals surface area contributed by atoms with Crippen LogP contribution in [0.25, 0.3) is 0 Å². The molecule has 2 aromatic carbocycles. The van der Waals surface area contributed by atoms with Gasteiger partial charge in [0.25, 0.3) is 0 Å². The van der Waals surface area contributed by atoms with Gasteiger partial charge in [-0.25, -0.2) is 13.6 Å². The Hall–Kier alpha value is -2.96. The molecule has 26 heavy (non-hydrogen) atoms. The first-order chi connectivity index (χ1) is 12.3. The summed E-state index contributed by atoms with van der Waals surface area (Å²) in [4.78, 5) is 25.3. The van der Waals surface area contributed by atoms with Crippen molar-refractivity contribution in [3.8, 4) is 0 Å². The lowest BCUT2D eigenvalue weighted by molar-refractivity contribution is -0.132. The highest BCUT2D eigenvalue weighted by Crippen LogP contribution is 2.24. The first-order valence-electron chi connectivity index (χ1n) is 8.11. The lowest BCUT2D eigenvalue weighted by Gasteiger charge is -2.27. The molecule has 0 aromatic heterocycles. The first kappa shape index (κ1) is 19.4. The van der Waals surface area contributed by atoms with Gasteiger partial charge in [0.05, 0.1) is 18.5 Å². The topological polar surface area (TPSA) is 75.4 Å². The summed E-state index contributed by atoms with van der Waals surface area (Å²) in [5, 5.41) is 2.56. The SMILES string of the molecule is C[C@H](c1ccc(F)c(F)c1)N(C)C(=O)C[C@H](NC(N)=O)c1ccccc1. The van der Waals surface area contributed by atoms with E-state index in [9.17, 15) is 18.4 Å². The van der Waals surface area contributed by atoms with E-state index >= 15 is 0 Å². The van der Waals surface area contributed by atoms with Crippen LogP contribution in [0.1, 0.15) is 36.6 Å². The van der Waals surface area contributed by atoms with Gasteiger partial charge in [0.15, 0.2) is 11.6 Å². The zero-order valence-electron chi connectivity index (χ0n) is 14.6. The number of hydrogen-bond acceptors (Lipinski definition) is 2. The zero-order valence-corrected chi connectivity index (χ0v) is 14.6. The van der Waals surface area contributed by atoms with Crippen LogP contribution in [-0.2, 0) is 4.79 Å². The maximum absolute atomic E-state index is 13.4. The number of nitrogens with zero attached hydrogens (tertiary/aromatic N) is 1. The fourth-order valence-corrected chi connectivity index (χ4v) is 2.64. The smallest absolute Gasteiger partial charge is 0.312 e. The molecule has 5 nitrogen and oxygen atoms in total. The minimum Gasteiger partial charge on any atom is -0.352 e. The second kappa shape index (κ2) is 8.42. The molecule has 0 spiro atoms. The summed E-state index contributed by atoms with van der Waals surface area (Å²) in [7, 11) is 1.57. The molecule has 0 fully saturated rings. The Kier molecular flexibility index (Phi) is 6.27. The number of carbonyl (C=O) groups excluding carboxylic acids is 2. The number of carbonyl (C=O) groups is 2. The van der Waals surface area contributed by atoms with E-state index in [0.717, 1.165) is 17.7 Å². The third kappa shape index (κ3) is 4.78. The highest BCUT2D eigenvalue weighted by molar-refractivity contribution is 5.79. The minimum absolute atomic E-state index is 0.0164. The van der Waals surface area contributed by atoms with Gasteiger partial charge in [-0.3, -0.25) is 4.79 Å². The second-order valence-corrected chi connectivity index (χ2v) is 6.03. The highest BCUT2D eigenvalue weighted by Gasteiger charge is 2.23. The summed E-state index contributed by atoms with van der Waals surface area (Å²) in [5.74, 6) is -2.18. The van der Waals surface area contributed by atoms with E-state index in [0.29, 0.717) is 5.56 Å². The first-order valence-corrected chi connectivity index (χ1v) is 8.11. The second-order valence-electron chi connectivity index (χ2n) is 6.03. The Morgan fingerprint density at radius 2 is 1.73 bits per heavy atom. The van der Waals surface area contributed by atoms with Crippen LogP contribution in [0, 0.1) is 11.6 Å². The van der Waals surface area contributed by atoms with Crippen LogP contribution in [0.15, 0.2) is 48.5 Å². The number of rotatable bonds is 6. The Morgan fingerprint density at radius 1 is 1.08 bits per heavy atom. The summed E-state index contributed by atoms with van der Waals surface area (Å²) in [6.45, 7) is 1.71. The number of amides is 3. The molecule has 138 valence electrons. The Labute approximate surface area is 150 Å². The normalized spacial score (nSPS) is 12.9. The Bertz CT molecular complexity index is 784. The maximum Gasteiger partial charge on any atom is 0.312 e. The predicted octanol–water partition coefficient (Wildman–Crippen LogP) is 3.28. The number of halogens is 2. The van der Waals surface area contributed by atoms with Gasteiger partial charge in [-0.05, 0) is 30.2 Å². The van der Waals surface area contributed by atoms with Gasteiger partial charge in [-0.15, -0.1) is 0 Å². The quantitative estimate of drug-likeness (QED) is 0.828. The van der Waals surface area contributed by atoms with Gasteiger partial charge in [0.2, 0.25) is 5.91 Å². The summed E-state index contributed by atoms with van der Waals surface area (Å²) < 4.78 is 26.5. The van der Waals surface area contributed by atoms with E-state index in [1.807, 2.05) is 6.07 Å². The van der Waals surface area contributed by atoms with E-state index in [2.05, 4.69) is 5.32 Å². The van der Waals surface area contributed by atoms with E-state index in [-0.39, 0.29) is 12.3 Å². The van der Waals surface area contributed by atoms with Crippen molar-refractivity contribution in [2.45, 2.75) is 25.4 Å². The standard InChI is InChI=1S/C19H21F2N3O2/c1-12(14-8-9-15(20)16(21)10-14)24(2)18(25)11-17(23-19(22)26)13-6-4-3-5-7-13/h3-10,12,17H,11H2,1-2H3,(H3,22,23,26)/t12-,17+/m1/s1. The van der Waals surface area contributed by atoms with Crippen LogP contribution in [0.5, 0.6) is 0 Å². The van der Waals surface area contributed by atoms with Crippen molar-refractivity contribution in [3.63, 3.8) is 0 Å². The third-order valence-corrected chi connectivity index (χ3v) is 4.30. The van der Waals surface area contributed by atoms with Gasteiger partial charge >= 0.3 is 6.03 Å². The van der Waals surface area contributed by atoms with Crippen LogP contribution in [-0.4, -0.2) is 23.9 Å². The fourth-order valence-electron chi connectivity index (χ4n) is 2.64. The van der Waals surface area contributed by atoms with Crippen molar-refractivity contribution in [1.29, 1.82) is 0 Å². The number of primary amides is 1. The lowest BCUT2D eigenvalue weighted by Crippen LogP contribution is -2.38. The number of hydrogen-bond donors (Lipinski definition) is 2. The van der Waals surface area contributed by atoms with Gasteiger partial charge in [-0.1, -0.05) is 36.4 Å². The zero-order chi connectivity index (χ0) is 19.3. The van der Waals surface area contributed by atoms with Gasteiger partial charge in [0.1, 0.15) is 0 Å². The summed E-state index contributed by atoms with van der Waals surface area (Å²) >= 11 is 0. The minimum atomic E-state index is -0.965. The molecule has 0 aliphatic rings. The summed E-state index contributed by atoms with van der Waals surface area (Å²) in [6.07, 6.45) is -0.0164. The maximum atomic E-state index is 13.4. The van der Waals surface area contributed by atoms with Crippen molar-refractivity contribution in [1.82, 2.24) is 10.2 Å². The Balaban J connectivity index is 2.14. The van der Waals surface area contributed by atoms with E-state index in [4.69, 9.17) is 5.73 Å². The van der Waals surface area contributed by atoms with Crippen molar-refractivity contribution < 1.29 is 18.4 Å². The third-order valence-electron chi connectivity index (χ3n) is 4.30. The molecule has 0 aliphatic heterocycles. The van der Waals surface area contributed by atoms with E-state index in [1.165, 1.54) is 11.0 Å². The van der Waals surface area contributed by atoms with Gasteiger partial charge in [0, 0.05) is 7.05 Å². The lowest BCUT2D eigenvalue weighted by atomic mass is 10.0. The van der Waals surface area contributed by atoms with Gasteiger partial charge < -0.3 is 16.0 Å². The molecule has 0 saturated carbocycles. The molecular formula is C19H21F2N3O2. The average Bonchev–Trinajstić information content (AvgIpc) is 2.62. The molecule has 0 radical (unpaired) electrons. The van der Waals surface area contributed by atoms with E-state index < -0.39 is 29.7 Å². The molecule has 2 rings (SSSR count). The molecule has 3 N–H and O–H groups in total. The molecule has 2 atom stereocenters. The molecular weight excluding hydrogens is 340 g/mol. The highest BCUT2D eigenvalue weighted by atomic mass is 19.2. The largest absolute Gasteiger partial charge is 0.352 e. The van der Waals surface area contributed by atoms with Crippen molar-refractivity contribution in [2.75, 3.05) is 7.05 Å². The van der Waals surface area contributed by atoms with Crippen LogP contribution < -0.4 is 11.1 Å². The van der Waals surface area contributed by atoms with Crippen LogP contribution >= 0.6 is 0 Å². The number of nitrogens with two attached hydrogens (primary N) is 1. The average molecular weight is 361 g/mol. The Morgan fingerprint density at radius 3 is 2.31 bits per heavy atom. The summed E-state index contributed by atoms with van der Waals surface area (Å²) in [6, 6.07) is 10.7.